The number of amides is 1. The highest BCUT2D eigenvalue weighted by Gasteiger charge is 2.05. The molecule has 0 radical (unpaired) electrons. The number of esters is 1. The third-order valence-corrected chi connectivity index (χ3v) is 3.07. The first-order chi connectivity index (χ1) is 11.7. The molecule has 0 unspecified atom stereocenters. The number of carbonyl (C=O) groups is 2. The molecule has 124 valence electrons. The van der Waals surface area contributed by atoms with Crippen molar-refractivity contribution in [2.45, 2.75) is 6.61 Å². The van der Waals surface area contributed by atoms with E-state index in [9.17, 15) is 9.59 Å². The van der Waals surface area contributed by atoms with E-state index in [1.54, 1.807) is 24.4 Å². The Morgan fingerprint density at radius 3 is 2.75 bits per heavy atom. The molecule has 0 aliphatic rings. The summed E-state index contributed by atoms with van der Waals surface area (Å²) in [5, 5.41) is 2.61. The largest absolute Gasteiger partial charge is 0.465 e. The van der Waals surface area contributed by atoms with Crippen LogP contribution in [0.15, 0.2) is 54.9 Å². The summed E-state index contributed by atoms with van der Waals surface area (Å²) in [6, 6.07) is 11.1. The zero-order chi connectivity index (χ0) is 17.2. The van der Waals surface area contributed by atoms with Gasteiger partial charge in [0.25, 0.3) is 0 Å². The van der Waals surface area contributed by atoms with Gasteiger partial charge >= 0.3 is 12.1 Å². The monoisotopic (exact) mass is 326 g/mol. The van der Waals surface area contributed by atoms with Gasteiger partial charge in [-0.25, -0.2) is 9.59 Å². The summed E-state index contributed by atoms with van der Waals surface area (Å²) in [6.45, 7) is 0.525. The van der Waals surface area contributed by atoms with Gasteiger partial charge in [-0.05, 0) is 17.2 Å². The summed E-state index contributed by atoms with van der Waals surface area (Å²) < 4.78 is 9.72. The van der Waals surface area contributed by atoms with Crippen molar-refractivity contribution < 1.29 is 19.1 Å². The van der Waals surface area contributed by atoms with Crippen molar-refractivity contribution >= 4 is 18.1 Å². The molecule has 6 heteroatoms. The van der Waals surface area contributed by atoms with Crippen molar-refractivity contribution in [3.05, 3.63) is 71.6 Å². The van der Waals surface area contributed by atoms with Crippen LogP contribution in [-0.2, 0) is 16.1 Å². The average Bonchev–Trinajstić information content (AvgIpc) is 2.64. The predicted molar refractivity (Wildman–Crippen MR) is 89.2 cm³/mol. The second kappa shape index (κ2) is 9.09. The molecule has 0 saturated carbocycles. The minimum Gasteiger partial charge on any atom is -0.465 e. The van der Waals surface area contributed by atoms with E-state index in [-0.39, 0.29) is 6.61 Å². The number of aromatic nitrogens is 1. The van der Waals surface area contributed by atoms with Gasteiger partial charge in [0, 0.05) is 18.9 Å². The number of ether oxygens (including phenoxy) is 2. The standard InChI is InChI=1S/C18H18N2O4/c1-23-17(21)16-10-15(11-19-12-16)8-5-9-20-18(22)24-13-14-6-3-2-4-7-14/h2-8,10-12H,9,13H2,1H3,(H,20,22). The van der Waals surface area contributed by atoms with E-state index in [0.717, 1.165) is 11.1 Å². The number of nitrogens with zero attached hydrogens (tertiary/aromatic N) is 1. The molecule has 2 rings (SSSR count). The van der Waals surface area contributed by atoms with E-state index in [2.05, 4.69) is 15.0 Å². The Kier molecular flexibility index (Phi) is 6.52. The molecule has 0 bridgehead atoms. The molecule has 1 aromatic carbocycles. The molecule has 0 aliphatic heterocycles. The first-order valence-electron chi connectivity index (χ1n) is 7.33. The summed E-state index contributed by atoms with van der Waals surface area (Å²) in [7, 11) is 1.32. The summed E-state index contributed by atoms with van der Waals surface area (Å²) in [4.78, 5) is 26.9. The van der Waals surface area contributed by atoms with Crippen molar-refractivity contribution in [1.82, 2.24) is 10.3 Å². The minimum absolute atomic E-state index is 0.224. The predicted octanol–water partition coefficient (Wildman–Crippen LogP) is 2.81. The van der Waals surface area contributed by atoms with Crippen LogP contribution in [0.4, 0.5) is 4.79 Å². The highest BCUT2D eigenvalue weighted by atomic mass is 16.5. The zero-order valence-corrected chi connectivity index (χ0v) is 13.3. The van der Waals surface area contributed by atoms with Gasteiger partial charge in [-0.3, -0.25) is 4.98 Å². The number of carbonyl (C=O) groups excluding carboxylic acids is 2. The van der Waals surface area contributed by atoms with Crippen molar-refractivity contribution in [3.63, 3.8) is 0 Å². The Morgan fingerprint density at radius 1 is 1.21 bits per heavy atom. The molecule has 1 heterocycles. The Bertz CT molecular complexity index is 714. The van der Waals surface area contributed by atoms with E-state index in [1.807, 2.05) is 30.3 Å². The first kappa shape index (κ1) is 17.2. The third kappa shape index (κ3) is 5.57. The summed E-state index contributed by atoms with van der Waals surface area (Å²) in [5.74, 6) is -0.444. The van der Waals surface area contributed by atoms with E-state index in [0.29, 0.717) is 12.1 Å². The van der Waals surface area contributed by atoms with Crippen LogP contribution in [0.25, 0.3) is 6.08 Å². The number of hydrogen-bond donors (Lipinski definition) is 1. The molecule has 0 saturated heterocycles. The smallest absolute Gasteiger partial charge is 0.407 e. The summed E-state index contributed by atoms with van der Waals surface area (Å²) in [5.41, 5.74) is 2.03. The fourth-order valence-electron chi connectivity index (χ4n) is 1.89. The zero-order valence-electron chi connectivity index (χ0n) is 13.3. The lowest BCUT2D eigenvalue weighted by atomic mass is 10.2. The maximum absolute atomic E-state index is 11.6. The van der Waals surface area contributed by atoms with Gasteiger partial charge in [0.15, 0.2) is 0 Å². The summed E-state index contributed by atoms with van der Waals surface area (Å²) in [6.07, 6.45) is 6.03. The van der Waals surface area contributed by atoms with E-state index < -0.39 is 12.1 Å². The Hall–Kier alpha value is -3.15. The van der Waals surface area contributed by atoms with Gasteiger partial charge in [0.1, 0.15) is 6.61 Å². The number of alkyl carbamates (subject to hydrolysis) is 1. The molecule has 0 atom stereocenters. The van der Waals surface area contributed by atoms with E-state index >= 15 is 0 Å². The topological polar surface area (TPSA) is 77.5 Å². The molecular formula is C18H18N2O4. The van der Waals surface area contributed by atoms with Crippen LogP contribution in [0, 0.1) is 0 Å². The highest BCUT2D eigenvalue weighted by Crippen LogP contribution is 2.06. The molecular weight excluding hydrogens is 308 g/mol. The Morgan fingerprint density at radius 2 is 2.00 bits per heavy atom. The van der Waals surface area contributed by atoms with E-state index in [1.165, 1.54) is 13.3 Å². The van der Waals surface area contributed by atoms with Gasteiger partial charge in [-0.15, -0.1) is 0 Å². The van der Waals surface area contributed by atoms with Crippen LogP contribution in [0.3, 0.4) is 0 Å². The highest BCUT2D eigenvalue weighted by molar-refractivity contribution is 5.89. The Labute approximate surface area is 140 Å². The van der Waals surface area contributed by atoms with Gasteiger partial charge in [0.2, 0.25) is 0 Å². The number of pyridine rings is 1. The number of rotatable bonds is 6. The first-order valence-corrected chi connectivity index (χ1v) is 7.33. The van der Waals surface area contributed by atoms with Gasteiger partial charge in [0.05, 0.1) is 12.7 Å². The number of nitrogens with one attached hydrogen (secondary N) is 1. The molecule has 6 nitrogen and oxygen atoms in total. The van der Waals surface area contributed by atoms with Crippen LogP contribution in [0.1, 0.15) is 21.5 Å². The van der Waals surface area contributed by atoms with Crippen LogP contribution in [0.2, 0.25) is 0 Å². The van der Waals surface area contributed by atoms with Crippen LogP contribution in [-0.4, -0.2) is 30.7 Å². The quantitative estimate of drug-likeness (QED) is 0.826. The lowest BCUT2D eigenvalue weighted by Crippen LogP contribution is -2.24. The maximum atomic E-state index is 11.6. The minimum atomic E-state index is -0.495. The second-order valence-corrected chi connectivity index (χ2v) is 4.84. The van der Waals surface area contributed by atoms with Crippen molar-refractivity contribution in [2.75, 3.05) is 13.7 Å². The van der Waals surface area contributed by atoms with Gasteiger partial charge in [-0.1, -0.05) is 42.5 Å². The lowest BCUT2D eigenvalue weighted by Gasteiger charge is -2.05. The fraction of sp³-hybridized carbons (Fsp3) is 0.167. The van der Waals surface area contributed by atoms with Gasteiger partial charge < -0.3 is 14.8 Å². The maximum Gasteiger partial charge on any atom is 0.407 e. The number of benzene rings is 1. The number of hydrogen-bond acceptors (Lipinski definition) is 5. The van der Waals surface area contributed by atoms with Crippen molar-refractivity contribution in [2.24, 2.45) is 0 Å². The van der Waals surface area contributed by atoms with Gasteiger partial charge in [-0.2, -0.15) is 0 Å². The number of methoxy groups -OCH3 is 1. The molecule has 0 fully saturated rings. The molecule has 24 heavy (non-hydrogen) atoms. The van der Waals surface area contributed by atoms with Crippen molar-refractivity contribution in [3.8, 4) is 0 Å². The molecule has 1 N–H and O–H groups in total. The second-order valence-electron chi connectivity index (χ2n) is 4.84. The van der Waals surface area contributed by atoms with Crippen LogP contribution in [0.5, 0.6) is 0 Å². The summed E-state index contributed by atoms with van der Waals surface area (Å²) >= 11 is 0. The molecule has 0 aliphatic carbocycles. The van der Waals surface area contributed by atoms with Crippen LogP contribution >= 0.6 is 0 Å². The lowest BCUT2D eigenvalue weighted by molar-refractivity contribution is 0.0600. The molecule has 1 aromatic heterocycles. The normalized spacial score (nSPS) is 10.4. The molecule has 1 amide bonds. The molecule has 2 aromatic rings. The third-order valence-electron chi connectivity index (χ3n) is 3.07. The van der Waals surface area contributed by atoms with E-state index in [4.69, 9.17) is 4.74 Å². The van der Waals surface area contributed by atoms with Crippen LogP contribution < -0.4 is 5.32 Å². The SMILES string of the molecule is COC(=O)c1cncc(C=CCNC(=O)OCc2ccccc2)c1. The Balaban J connectivity index is 1.76. The average molecular weight is 326 g/mol. The molecule has 0 spiro atoms. The van der Waals surface area contributed by atoms with Crippen molar-refractivity contribution in [1.29, 1.82) is 0 Å². The fourth-order valence-corrected chi connectivity index (χ4v) is 1.89.